The van der Waals surface area contributed by atoms with Crippen LogP contribution in [0.5, 0.6) is 0 Å². The number of hydrogen-bond donors (Lipinski definition) is 5. The summed E-state index contributed by atoms with van der Waals surface area (Å²) >= 11 is 1.40. The Morgan fingerprint density at radius 3 is 2.57 bits per heavy atom. The van der Waals surface area contributed by atoms with E-state index in [1.54, 1.807) is 0 Å². The normalized spacial score (nSPS) is 28.4. The van der Waals surface area contributed by atoms with E-state index in [4.69, 9.17) is 5.11 Å². The van der Waals surface area contributed by atoms with E-state index < -0.39 is 12.0 Å². The number of carbonyl (C=O) groups excluding carboxylic acids is 4. The number of Topliss-reactive ketones (excluding diaryl/α,β-unsaturated/α-hetero) is 1. The van der Waals surface area contributed by atoms with Gasteiger partial charge < -0.3 is 35.9 Å². The van der Waals surface area contributed by atoms with Gasteiger partial charge in [0.2, 0.25) is 17.7 Å². The number of rotatable bonds is 12. The first kappa shape index (κ1) is 27.2. The van der Waals surface area contributed by atoms with Crippen LogP contribution in [0.2, 0.25) is 0 Å². The minimum atomic E-state index is -1.15. The molecule has 0 aromatic heterocycles. The molecule has 12 heteroatoms. The Balaban J connectivity index is 1.58. The summed E-state index contributed by atoms with van der Waals surface area (Å²) in [4.78, 5) is 62.6. The maximum atomic E-state index is 12.9. The number of β-lactam (4-membered cyclic amide) rings is 1. The lowest BCUT2D eigenvalue weighted by Gasteiger charge is -2.47. The zero-order valence-corrected chi connectivity index (χ0v) is 21.0. The molecule has 11 nitrogen and oxygen atoms in total. The number of carboxylic acids is 1. The number of aliphatic carboxylic acids is 1. The molecule has 5 N–H and O–H groups in total. The van der Waals surface area contributed by atoms with Crippen molar-refractivity contribution in [3.8, 4) is 0 Å². The van der Waals surface area contributed by atoms with Crippen LogP contribution in [-0.4, -0.2) is 88.2 Å². The number of fused-ring (bicyclic) bond motifs is 1. The summed E-state index contributed by atoms with van der Waals surface area (Å²) in [6.07, 6.45) is 0.876. The van der Waals surface area contributed by atoms with Gasteiger partial charge in [-0.3, -0.25) is 14.4 Å². The summed E-state index contributed by atoms with van der Waals surface area (Å²) in [7, 11) is 0. The second-order valence-electron chi connectivity index (χ2n) is 9.47. The summed E-state index contributed by atoms with van der Waals surface area (Å²) < 4.78 is 0. The molecule has 2 fully saturated rings. The van der Waals surface area contributed by atoms with E-state index in [9.17, 15) is 29.1 Å². The molecule has 0 radical (unpaired) electrons. The minimum Gasteiger partial charge on any atom is -0.477 e. The second-order valence-corrected chi connectivity index (χ2v) is 10.8. The van der Waals surface area contributed by atoms with Gasteiger partial charge >= 0.3 is 5.97 Å². The van der Waals surface area contributed by atoms with E-state index in [1.807, 2.05) is 13.8 Å². The third-order valence-electron chi connectivity index (χ3n) is 6.80. The van der Waals surface area contributed by atoms with Crippen LogP contribution < -0.4 is 16.0 Å². The molecule has 3 aliphatic rings. The molecule has 0 aromatic rings. The highest BCUT2D eigenvalue weighted by molar-refractivity contribution is 8.03. The van der Waals surface area contributed by atoms with Crippen molar-refractivity contribution in [1.29, 1.82) is 0 Å². The van der Waals surface area contributed by atoms with Crippen molar-refractivity contribution in [2.45, 2.75) is 57.4 Å². The molecule has 0 aliphatic carbocycles. The number of nitrogens with one attached hydrogen (secondary N) is 3. The van der Waals surface area contributed by atoms with Crippen molar-refractivity contribution in [3.63, 3.8) is 0 Å². The fourth-order valence-corrected chi connectivity index (χ4v) is 6.70. The predicted octanol–water partition coefficient (Wildman–Crippen LogP) is -0.547. The molecule has 0 bridgehead atoms. The highest BCUT2D eigenvalue weighted by atomic mass is 32.2. The van der Waals surface area contributed by atoms with Crippen LogP contribution >= 0.6 is 11.8 Å². The molecule has 35 heavy (non-hydrogen) atoms. The lowest BCUT2D eigenvalue weighted by molar-refractivity contribution is -0.160. The summed E-state index contributed by atoms with van der Waals surface area (Å²) in [5.74, 6) is -2.58. The van der Waals surface area contributed by atoms with Crippen LogP contribution in [0.3, 0.4) is 0 Å². The highest BCUT2D eigenvalue weighted by Crippen LogP contribution is 2.53. The van der Waals surface area contributed by atoms with Crippen LogP contribution in [0.15, 0.2) is 10.6 Å². The monoisotopic (exact) mass is 510 g/mol. The average molecular weight is 511 g/mol. The van der Waals surface area contributed by atoms with Gasteiger partial charge in [-0.25, -0.2) is 4.79 Å². The van der Waals surface area contributed by atoms with Crippen LogP contribution in [0, 0.1) is 17.8 Å². The van der Waals surface area contributed by atoms with Gasteiger partial charge in [-0.2, -0.15) is 0 Å². The maximum Gasteiger partial charge on any atom is 0.353 e. The molecular formula is C23H34N4O7S. The van der Waals surface area contributed by atoms with Gasteiger partial charge in [-0.05, 0) is 19.3 Å². The van der Waals surface area contributed by atoms with E-state index in [-0.39, 0.29) is 90.8 Å². The Bertz CT molecular complexity index is 924. The molecule has 0 unspecified atom stereocenters. The zero-order valence-electron chi connectivity index (χ0n) is 20.2. The van der Waals surface area contributed by atoms with Gasteiger partial charge in [0, 0.05) is 48.5 Å². The predicted molar refractivity (Wildman–Crippen MR) is 128 cm³/mol. The largest absolute Gasteiger partial charge is 0.477 e. The SMILES string of the molecule is CC(=O)C[C@H](C)[C@H]1C(=O)N2C(C(=O)O)=C(S[C@@H]3CN[C@H](C(=O)NCCC(=O)NCCO)C3)[C@H](C)[C@H]12. The molecule has 194 valence electrons. The fraction of sp³-hybridized carbons (Fsp3) is 0.696. The fourth-order valence-electron chi connectivity index (χ4n) is 5.23. The second kappa shape index (κ2) is 11.5. The lowest BCUT2D eigenvalue weighted by Crippen LogP contribution is -2.62. The van der Waals surface area contributed by atoms with Crippen molar-refractivity contribution in [1.82, 2.24) is 20.9 Å². The number of carboxylic acid groups (broad SMARTS) is 1. The Labute approximate surface area is 208 Å². The van der Waals surface area contributed by atoms with Crippen molar-refractivity contribution in [2.24, 2.45) is 17.8 Å². The van der Waals surface area contributed by atoms with Gasteiger partial charge in [0.05, 0.1) is 24.6 Å². The number of thioether (sulfide) groups is 1. The molecule has 0 saturated carbocycles. The Kier molecular flexibility index (Phi) is 8.94. The van der Waals surface area contributed by atoms with Crippen LogP contribution in [-0.2, 0) is 24.0 Å². The topological polar surface area (TPSA) is 165 Å². The number of hydrogen-bond acceptors (Lipinski definition) is 8. The first-order valence-corrected chi connectivity index (χ1v) is 12.8. The minimum absolute atomic E-state index is 0.00236. The Hall–Kier alpha value is -2.44. The lowest BCUT2D eigenvalue weighted by atomic mass is 9.73. The van der Waals surface area contributed by atoms with Crippen molar-refractivity contribution in [2.75, 3.05) is 26.2 Å². The van der Waals surface area contributed by atoms with Gasteiger partial charge in [0.15, 0.2) is 0 Å². The molecule has 3 rings (SSSR count). The van der Waals surface area contributed by atoms with E-state index in [2.05, 4.69) is 16.0 Å². The van der Waals surface area contributed by atoms with Crippen LogP contribution in [0.25, 0.3) is 0 Å². The Morgan fingerprint density at radius 1 is 1.23 bits per heavy atom. The zero-order chi connectivity index (χ0) is 25.9. The standard InChI is InChI=1S/C23H34N4O7S/c1-11(8-12(2)29)17-18-13(3)20(19(23(33)34)27(18)22(17)32)35-14-9-15(26-10-14)21(31)25-5-4-16(30)24-6-7-28/h11,13-15,17-18,26,28H,4-10H2,1-3H3,(H,24,30)(H,25,31)(H,33,34)/t11-,13+,14-,15-,17+,18+/m0/s1. The highest BCUT2D eigenvalue weighted by Gasteiger charge is 2.60. The van der Waals surface area contributed by atoms with Crippen molar-refractivity contribution in [3.05, 3.63) is 10.6 Å². The molecule has 6 atom stereocenters. The molecular weight excluding hydrogens is 476 g/mol. The molecule has 0 aromatic carbocycles. The smallest absolute Gasteiger partial charge is 0.353 e. The van der Waals surface area contributed by atoms with Crippen LogP contribution in [0.4, 0.5) is 0 Å². The molecule has 3 amide bonds. The van der Waals surface area contributed by atoms with Gasteiger partial charge in [0.1, 0.15) is 11.5 Å². The average Bonchev–Trinajstić information content (AvgIpc) is 3.34. The van der Waals surface area contributed by atoms with Crippen LogP contribution in [0.1, 0.15) is 40.0 Å². The Morgan fingerprint density at radius 2 is 1.94 bits per heavy atom. The number of amides is 3. The molecule has 2 saturated heterocycles. The number of ketones is 1. The summed E-state index contributed by atoms with van der Waals surface area (Å²) in [6, 6.07) is -0.725. The van der Waals surface area contributed by atoms with Crippen molar-refractivity contribution < 1.29 is 34.2 Å². The summed E-state index contributed by atoms with van der Waals surface area (Å²) in [6.45, 7) is 5.98. The van der Waals surface area contributed by atoms with E-state index in [0.29, 0.717) is 17.9 Å². The third kappa shape index (κ3) is 5.87. The van der Waals surface area contributed by atoms with Gasteiger partial charge in [-0.1, -0.05) is 13.8 Å². The van der Waals surface area contributed by atoms with Gasteiger partial charge in [0.25, 0.3) is 0 Å². The number of aliphatic hydroxyl groups excluding tert-OH is 1. The molecule has 3 aliphatic heterocycles. The number of nitrogens with zero attached hydrogens (tertiary/aromatic N) is 1. The third-order valence-corrected chi connectivity index (χ3v) is 8.31. The van der Waals surface area contributed by atoms with Gasteiger partial charge in [-0.15, -0.1) is 11.8 Å². The first-order chi connectivity index (χ1) is 16.6. The molecule has 3 heterocycles. The van der Waals surface area contributed by atoms with Crippen molar-refractivity contribution >= 4 is 41.2 Å². The summed E-state index contributed by atoms with van der Waals surface area (Å²) in [5, 5.41) is 26.9. The maximum absolute atomic E-state index is 12.9. The number of aliphatic hydroxyl groups is 1. The van der Waals surface area contributed by atoms with E-state index in [1.165, 1.54) is 23.6 Å². The number of carbonyl (C=O) groups is 5. The molecule has 0 spiro atoms. The van der Waals surface area contributed by atoms with E-state index in [0.717, 1.165) is 0 Å². The first-order valence-electron chi connectivity index (χ1n) is 11.9. The quantitative estimate of drug-likeness (QED) is 0.217. The summed E-state index contributed by atoms with van der Waals surface area (Å²) in [5.41, 5.74) is 0.0190. The van der Waals surface area contributed by atoms with E-state index >= 15 is 0 Å².